The van der Waals surface area contributed by atoms with E-state index in [9.17, 15) is 9.90 Å². The van der Waals surface area contributed by atoms with Gasteiger partial charge in [-0.2, -0.15) is 0 Å². The Balaban J connectivity index is 1.62. The van der Waals surface area contributed by atoms with Crippen molar-refractivity contribution in [2.75, 3.05) is 19.8 Å². The van der Waals surface area contributed by atoms with Gasteiger partial charge in [0.05, 0.1) is 24.8 Å². The van der Waals surface area contributed by atoms with E-state index in [1.165, 1.54) is 12.8 Å². The zero-order valence-electron chi connectivity index (χ0n) is 12.7. The number of nitrogens with zero attached hydrogens (tertiary/aromatic N) is 1. The molecule has 0 radical (unpaired) electrons. The van der Waals surface area contributed by atoms with Crippen LogP contribution in [0.4, 0.5) is 0 Å². The molecular weight excluding hydrogens is 288 g/mol. The summed E-state index contributed by atoms with van der Waals surface area (Å²) in [7, 11) is 0. The average Bonchev–Trinajstić information content (AvgIpc) is 3.27. The molecule has 7 heteroatoms. The van der Waals surface area contributed by atoms with E-state index < -0.39 is 0 Å². The van der Waals surface area contributed by atoms with Crippen molar-refractivity contribution in [3.8, 4) is 0 Å². The van der Waals surface area contributed by atoms with Gasteiger partial charge < -0.3 is 24.4 Å². The lowest BCUT2D eigenvalue weighted by atomic mass is 10.1. The van der Waals surface area contributed by atoms with Crippen LogP contribution in [0.3, 0.4) is 0 Å². The molecule has 1 aliphatic carbocycles. The maximum atomic E-state index is 12.4. The number of ether oxygens (including phenoxy) is 2. The lowest BCUT2D eigenvalue weighted by Gasteiger charge is -2.32. The molecular formula is C15H22N2O5. The summed E-state index contributed by atoms with van der Waals surface area (Å²) in [5, 5.41) is 16.0. The highest BCUT2D eigenvalue weighted by Gasteiger charge is 2.32. The van der Waals surface area contributed by atoms with E-state index in [1.807, 2.05) is 0 Å². The first kappa shape index (κ1) is 15.5. The molecule has 0 spiro atoms. The van der Waals surface area contributed by atoms with E-state index >= 15 is 0 Å². The zero-order chi connectivity index (χ0) is 15.5. The van der Waals surface area contributed by atoms with Crippen molar-refractivity contribution in [3.63, 3.8) is 0 Å². The number of aryl methyl sites for hydroxylation is 1. The second-order valence-electron chi connectivity index (χ2n) is 5.98. The van der Waals surface area contributed by atoms with Crippen molar-refractivity contribution >= 4 is 5.91 Å². The molecule has 2 fully saturated rings. The molecule has 22 heavy (non-hydrogen) atoms. The van der Waals surface area contributed by atoms with Crippen LogP contribution in [0, 0.1) is 12.8 Å². The molecule has 122 valence electrons. The van der Waals surface area contributed by atoms with Gasteiger partial charge in [0.2, 0.25) is 0 Å². The molecule has 1 saturated heterocycles. The Labute approximate surface area is 128 Å². The quantitative estimate of drug-likeness (QED) is 0.807. The minimum absolute atomic E-state index is 0.108. The number of hydrogen-bond acceptors (Lipinski definition) is 6. The first-order chi connectivity index (χ1) is 10.7. The van der Waals surface area contributed by atoms with Crippen LogP contribution in [0.25, 0.3) is 0 Å². The molecule has 2 N–H and O–H groups in total. The smallest absolute Gasteiger partial charge is 0.274 e. The number of aromatic nitrogens is 1. The van der Waals surface area contributed by atoms with Crippen LogP contribution in [-0.4, -0.2) is 48.1 Å². The van der Waals surface area contributed by atoms with E-state index in [0.717, 1.165) is 6.61 Å². The van der Waals surface area contributed by atoms with Crippen molar-refractivity contribution in [2.45, 2.75) is 44.9 Å². The van der Waals surface area contributed by atoms with E-state index in [1.54, 1.807) is 6.92 Å². The van der Waals surface area contributed by atoms with E-state index in [0.29, 0.717) is 36.9 Å². The molecule has 0 unspecified atom stereocenters. The van der Waals surface area contributed by atoms with Gasteiger partial charge >= 0.3 is 0 Å². The fourth-order valence-corrected chi connectivity index (χ4v) is 2.58. The summed E-state index contributed by atoms with van der Waals surface area (Å²) in [6, 6.07) is -0.108. The second-order valence-corrected chi connectivity index (χ2v) is 5.98. The first-order valence-electron chi connectivity index (χ1n) is 7.75. The molecule has 7 nitrogen and oxygen atoms in total. The maximum absolute atomic E-state index is 12.4. The topological polar surface area (TPSA) is 93.8 Å². The van der Waals surface area contributed by atoms with Crippen molar-refractivity contribution in [1.82, 2.24) is 10.5 Å². The van der Waals surface area contributed by atoms with Crippen molar-refractivity contribution in [1.29, 1.82) is 0 Å². The summed E-state index contributed by atoms with van der Waals surface area (Å²) in [6.07, 6.45) is 3.02. The number of amides is 1. The third-order valence-corrected chi connectivity index (χ3v) is 4.22. The highest BCUT2D eigenvalue weighted by Crippen LogP contribution is 2.30. The molecule has 3 rings (SSSR count). The van der Waals surface area contributed by atoms with Crippen molar-refractivity contribution in [3.05, 3.63) is 17.0 Å². The summed E-state index contributed by atoms with van der Waals surface area (Å²) in [4.78, 5) is 12.4. The molecule has 0 bridgehead atoms. The SMILES string of the molecule is Cc1onc(C(=O)N[C@@H]2CCOC[C@H]2OCC2CC2)c1CO. The number of rotatable bonds is 6. The van der Waals surface area contributed by atoms with Gasteiger partial charge in [0.15, 0.2) is 5.69 Å². The third kappa shape index (κ3) is 3.48. The molecule has 1 aromatic heterocycles. The maximum Gasteiger partial charge on any atom is 0.274 e. The Morgan fingerprint density at radius 2 is 2.27 bits per heavy atom. The standard InChI is InChI=1S/C15H22N2O5/c1-9-11(6-18)14(17-22-9)15(19)16-12-4-5-20-8-13(12)21-7-10-2-3-10/h10,12-13,18H,2-8H2,1H3,(H,16,19)/t12-,13-/m1/s1. The number of aliphatic hydroxyl groups excluding tert-OH is 1. The average molecular weight is 310 g/mol. The van der Waals surface area contributed by atoms with Gasteiger partial charge in [-0.3, -0.25) is 4.79 Å². The van der Waals surface area contributed by atoms with Gasteiger partial charge in [-0.25, -0.2) is 0 Å². The molecule has 1 amide bonds. The fourth-order valence-electron chi connectivity index (χ4n) is 2.58. The molecule has 2 aliphatic rings. The van der Waals surface area contributed by atoms with E-state index in [2.05, 4.69) is 10.5 Å². The predicted molar refractivity (Wildman–Crippen MR) is 76.3 cm³/mol. The lowest BCUT2D eigenvalue weighted by molar-refractivity contribution is -0.0697. The van der Waals surface area contributed by atoms with Crippen LogP contribution in [0.2, 0.25) is 0 Å². The van der Waals surface area contributed by atoms with Gasteiger partial charge in [0.1, 0.15) is 11.9 Å². The van der Waals surface area contributed by atoms with Crippen LogP contribution < -0.4 is 5.32 Å². The van der Waals surface area contributed by atoms with Crippen LogP contribution in [0.15, 0.2) is 4.52 Å². The number of nitrogens with one attached hydrogen (secondary N) is 1. The highest BCUT2D eigenvalue weighted by molar-refractivity contribution is 5.94. The highest BCUT2D eigenvalue weighted by atomic mass is 16.5. The Kier molecular flexibility index (Phi) is 4.75. The number of carbonyl (C=O) groups excluding carboxylic acids is 1. The number of aliphatic hydroxyl groups is 1. The van der Waals surface area contributed by atoms with Gasteiger partial charge in [-0.1, -0.05) is 5.16 Å². The molecule has 1 aromatic rings. The normalized spacial score (nSPS) is 25.2. The van der Waals surface area contributed by atoms with Crippen LogP contribution in [0.1, 0.15) is 41.1 Å². The fraction of sp³-hybridized carbons (Fsp3) is 0.733. The summed E-state index contributed by atoms with van der Waals surface area (Å²) >= 11 is 0. The Hall–Kier alpha value is -1.44. The van der Waals surface area contributed by atoms with Crippen molar-refractivity contribution < 1.29 is 23.9 Å². The van der Waals surface area contributed by atoms with E-state index in [-0.39, 0.29) is 30.4 Å². The number of carbonyl (C=O) groups is 1. The van der Waals surface area contributed by atoms with Gasteiger partial charge in [0, 0.05) is 13.2 Å². The molecule has 1 aliphatic heterocycles. The lowest BCUT2D eigenvalue weighted by Crippen LogP contribution is -2.50. The van der Waals surface area contributed by atoms with Gasteiger partial charge in [-0.15, -0.1) is 0 Å². The van der Waals surface area contributed by atoms with E-state index in [4.69, 9.17) is 14.0 Å². The summed E-state index contributed by atoms with van der Waals surface area (Å²) in [5.41, 5.74) is 0.576. The monoisotopic (exact) mass is 310 g/mol. The molecule has 0 aromatic carbocycles. The second kappa shape index (κ2) is 6.76. The van der Waals surface area contributed by atoms with Crippen LogP contribution >= 0.6 is 0 Å². The Bertz CT molecular complexity index is 526. The zero-order valence-corrected chi connectivity index (χ0v) is 12.7. The van der Waals surface area contributed by atoms with Crippen LogP contribution in [-0.2, 0) is 16.1 Å². The molecule has 2 heterocycles. The Morgan fingerprint density at radius 1 is 1.45 bits per heavy atom. The Morgan fingerprint density at radius 3 is 3.00 bits per heavy atom. The first-order valence-corrected chi connectivity index (χ1v) is 7.75. The van der Waals surface area contributed by atoms with Gasteiger partial charge in [-0.05, 0) is 32.1 Å². The van der Waals surface area contributed by atoms with Crippen molar-refractivity contribution in [2.24, 2.45) is 5.92 Å². The minimum atomic E-state index is -0.340. The third-order valence-electron chi connectivity index (χ3n) is 4.22. The summed E-state index contributed by atoms with van der Waals surface area (Å²) in [6.45, 7) is 3.21. The largest absolute Gasteiger partial charge is 0.391 e. The predicted octanol–water partition coefficient (Wildman–Crippen LogP) is 0.789. The number of hydrogen-bond donors (Lipinski definition) is 2. The minimum Gasteiger partial charge on any atom is -0.391 e. The summed E-state index contributed by atoms with van der Waals surface area (Å²) in [5.74, 6) is 0.784. The summed E-state index contributed by atoms with van der Waals surface area (Å²) < 4.78 is 16.3. The molecule has 1 saturated carbocycles. The molecule has 2 atom stereocenters. The van der Waals surface area contributed by atoms with Crippen LogP contribution in [0.5, 0.6) is 0 Å². The van der Waals surface area contributed by atoms with Gasteiger partial charge in [0.25, 0.3) is 5.91 Å².